The third kappa shape index (κ3) is 11.7. The van der Waals surface area contributed by atoms with E-state index in [4.69, 9.17) is 33.2 Å². The molecule has 1 heterocycles. The molecular formula is C41H62O8. The standard InChI is InChI=1S/C41H62O8/c1-12-36(42)49-35(26-44-28-41(13-2)29-45-30-41)25-43-23-24-47-37(4,5)27-48-40(10,11)34-21-17-32(18-22-34)38(6,7)31-15-19-33(20-16-31)39(8,9)46-14-3/h12,15-22,35H,1,13-14,23-30H2,2-11H3. The summed E-state index contributed by atoms with van der Waals surface area (Å²) >= 11 is 0. The number of esters is 1. The number of hydrogen-bond donors (Lipinski definition) is 0. The summed E-state index contributed by atoms with van der Waals surface area (Å²) in [5.41, 5.74) is 3.27. The number of hydrogen-bond acceptors (Lipinski definition) is 8. The predicted octanol–water partition coefficient (Wildman–Crippen LogP) is 7.89. The van der Waals surface area contributed by atoms with E-state index < -0.39 is 23.3 Å². The summed E-state index contributed by atoms with van der Waals surface area (Å²) in [5, 5.41) is 0. The van der Waals surface area contributed by atoms with Gasteiger partial charge in [-0.2, -0.15) is 0 Å². The predicted molar refractivity (Wildman–Crippen MR) is 194 cm³/mol. The molecule has 3 rings (SSSR count). The highest BCUT2D eigenvalue weighted by atomic mass is 16.6. The molecule has 0 spiro atoms. The van der Waals surface area contributed by atoms with Crippen molar-refractivity contribution in [1.29, 1.82) is 0 Å². The van der Waals surface area contributed by atoms with Gasteiger partial charge in [-0.1, -0.05) is 75.9 Å². The SMILES string of the molecule is C=CC(=O)OC(COCCOC(C)(C)COC(C)(C)c1ccc(C(C)(C)c2ccc(C(C)(C)OCC)cc2)cc1)COCC1(CC)COC1. The molecule has 0 aromatic heterocycles. The monoisotopic (exact) mass is 682 g/mol. The third-order valence-electron chi connectivity index (χ3n) is 9.64. The molecule has 2 aromatic carbocycles. The van der Waals surface area contributed by atoms with Gasteiger partial charge >= 0.3 is 5.97 Å². The molecule has 8 nitrogen and oxygen atoms in total. The van der Waals surface area contributed by atoms with Gasteiger partial charge in [-0.3, -0.25) is 0 Å². The molecule has 0 bridgehead atoms. The Morgan fingerprint density at radius 1 is 0.776 bits per heavy atom. The van der Waals surface area contributed by atoms with Crippen LogP contribution in [0.2, 0.25) is 0 Å². The van der Waals surface area contributed by atoms with E-state index in [9.17, 15) is 4.79 Å². The van der Waals surface area contributed by atoms with E-state index in [1.165, 1.54) is 16.7 Å². The van der Waals surface area contributed by atoms with Crippen LogP contribution >= 0.6 is 0 Å². The zero-order valence-corrected chi connectivity index (χ0v) is 31.8. The van der Waals surface area contributed by atoms with Crippen molar-refractivity contribution in [3.63, 3.8) is 0 Å². The van der Waals surface area contributed by atoms with Gasteiger partial charge in [-0.05, 0) is 77.1 Å². The van der Waals surface area contributed by atoms with E-state index in [2.05, 4.69) is 104 Å². The lowest BCUT2D eigenvalue weighted by Crippen LogP contribution is -2.46. The first kappa shape index (κ1) is 40.8. The average molecular weight is 683 g/mol. The summed E-state index contributed by atoms with van der Waals surface area (Å²) in [7, 11) is 0. The molecule has 274 valence electrons. The van der Waals surface area contributed by atoms with Gasteiger partial charge in [-0.25, -0.2) is 4.79 Å². The van der Waals surface area contributed by atoms with Crippen LogP contribution in [-0.2, 0) is 54.6 Å². The molecular weight excluding hydrogens is 620 g/mol. The Kier molecular flexibility index (Phi) is 14.6. The molecule has 49 heavy (non-hydrogen) atoms. The molecule has 1 atom stereocenters. The minimum atomic E-state index is -0.539. The van der Waals surface area contributed by atoms with Gasteiger partial charge in [0.25, 0.3) is 0 Å². The number of rotatable bonds is 22. The van der Waals surface area contributed by atoms with Gasteiger partial charge in [0.05, 0.1) is 69.7 Å². The lowest BCUT2D eigenvalue weighted by molar-refractivity contribution is -0.168. The fourth-order valence-electron chi connectivity index (χ4n) is 5.77. The molecule has 0 radical (unpaired) electrons. The van der Waals surface area contributed by atoms with Crippen molar-refractivity contribution in [3.05, 3.63) is 83.4 Å². The maximum Gasteiger partial charge on any atom is 0.330 e. The van der Waals surface area contributed by atoms with Crippen LogP contribution in [0.3, 0.4) is 0 Å². The Hall–Kier alpha value is -2.59. The Morgan fingerprint density at radius 3 is 1.76 bits per heavy atom. The Labute approximate surface area is 295 Å². The molecule has 0 aliphatic carbocycles. The van der Waals surface area contributed by atoms with Crippen molar-refractivity contribution in [2.75, 3.05) is 59.5 Å². The van der Waals surface area contributed by atoms with Crippen LogP contribution in [0, 0.1) is 5.41 Å². The molecule has 0 saturated carbocycles. The normalized spacial score (nSPS) is 15.8. The maximum absolute atomic E-state index is 11.8. The second kappa shape index (κ2) is 17.6. The minimum absolute atomic E-state index is 0.0554. The highest BCUT2D eigenvalue weighted by Crippen LogP contribution is 2.36. The summed E-state index contributed by atoms with van der Waals surface area (Å²) in [6.07, 6.45) is 1.59. The summed E-state index contributed by atoms with van der Waals surface area (Å²) in [6.45, 7) is 28.7. The van der Waals surface area contributed by atoms with Crippen LogP contribution in [0.4, 0.5) is 0 Å². The lowest BCUT2D eigenvalue weighted by atomic mass is 9.77. The zero-order valence-electron chi connectivity index (χ0n) is 31.8. The second-order valence-electron chi connectivity index (χ2n) is 15.3. The van der Waals surface area contributed by atoms with Crippen LogP contribution in [0.25, 0.3) is 0 Å². The zero-order chi connectivity index (χ0) is 36.3. The third-order valence-corrected chi connectivity index (χ3v) is 9.64. The lowest BCUT2D eigenvalue weighted by Gasteiger charge is -2.40. The molecule has 2 aromatic rings. The first-order valence-electron chi connectivity index (χ1n) is 17.7. The van der Waals surface area contributed by atoms with Crippen LogP contribution in [0.1, 0.15) is 97.9 Å². The Balaban J connectivity index is 1.47. The Morgan fingerprint density at radius 2 is 1.29 bits per heavy atom. The first-order valence-corrected chi connectivity index (χ1v) is 17.7. The smallest absolute Gasteiger partial charge is 0.330 e. The van der Waals surface area contributed by atoms with E-state index in [0.717, 1.165) is 18.1 Å². The number of ether oxygens (including phenoxy) is 7. The number of carbonyl (C=O) groups excluding carboxylic acids is 1. The largest absolute Gasteiger partial charge is 0.454 e. The molecule has 1 aliphatic heterocycles. The fraction of sp³-hybridized carbons (Fsp3) is 0.634. The van der Waals surface area contributed by atoms with Crippen LogP contribution in [0.5, 0.6) is 0 Å². The van der Waals surface area contributed by atoms with Crippen molar-refractivity contribution < 1.29 is 38.0 Å². The molecule has 1 saturated heterocycles. The highest BCUT2D eigenvalue weighted by molar-refractivity contribution is 5.81. The summed E-state index contributed by atoms with van der Waals surface area (Å²) in [5.74, 6) is -0.502. The molecule has 1 unspecified atom stereocenters. The van der Waals surface area contributed by atoms with Gasteiger partial charge in [0.1, 0.15) is 6.10 Å². The van der Waals surface area contributed by atoms with Crippen molar-refractivity contribution in [3.8, 4) is 0 Å². The van der Waals surface area contributed by atoms with E-state index >= 15 is 0 Å². The van der Waals surface area contributed by atoms with Crippen LogP contribution in [0.15, 0.2) is 61.2 Å². The summed E-state index contributed by atoms with van der Waals surface area (Å²) in [4.78, 5) is 11.8. The van der Waals surface area contributed by atoms with Crippen molar-refractivity contribution in [1.82, 2.24) is 0 Å². The van der Waals surface area contributed by atoms with Gasteiger partial charge in [0.2, 0.25) is 0 Å². The minimum Gasteiger partial charge on any atom is -0.454 e. The fourth-order valence-corrected chi connectivity index (χ4v) is 5.77. The topological polar surface area (TPSA) is 81.7 Å². The van der Waals surface area contributed by atoms with E-state index in [0.29, 0.717) is 46.2 Å². The number of benzene rings is 2. The van der Waals surface area contributed by atoms with Crippen molar-refractivity contribution in [2.24, 2.45) is 5.41 Å². The van der Waals surface area contributed by atoms with Crippen LogP contribution in [-0.4, -0.2) is 77.1 Å². The molecule has 1 fully saturated rings. The van der Waals surface area contributed by atoms with Gasteiger partial charge < -0.3 is 33.2 Å². The highest BCUT2D eigenvalue weighted by Gasteiger charge is 2.37. The van der Waals surface area contributed by atoms with Gasteiger partial charge in [0, 0.05) is 23.5 Å². The van der Waals surface area contributed by atoms with Gasteiger partial charge in [0.15, 0.2) is 0 Å². The van der Waals surface area contributed by atoms with Crippen molar-refractivity contribution >= 4 is 5.97 Å². The number of carbonyl (C=O) groups is 1. The van der Waals surface area contributed by atoms with E-state index in [-0.39, 0.29) is 29.6 Å². The maximum atomic E-state index is 11.8. The Bertz CT molecular complexity index is 1300. The van der Waals surface area contributed by atoms with Crippen LogP contribution < -0.4 is 0 Å². The molecule has 0 amide bonds. The summed E-state index contributed by atoms with van der Waals surface area (Å²) < 4.78 is 41.0. The van der Waals surface area contributed by atoms with E-state index in [1.54, 1.807) is 0 Å². The molecule has 8 heteroatoms. The van der Waals surface area contributed by atoms with E-state index in [1.807, 2.05) is 20.8 Å². The quantitative estimate of drug-likeness (QED) is 0.0705. The summed E-state index contributed by atoms with van der Waals surface area (Å²) in [6, 6.07) is 17.5. The first-order chi connectivity index (χ1) is 23.0. The molecule has 1 aliphatic rings. The average Bonchev–Trinajstić information content (AvgIpc) is 3.04. The van der Waals surface area contributed by atoms with Crippen molar-refractivity contribution in [2.45, 2.75) is 104 Å². The van der Waals surface area contributed by atoms with Gasteiger partial charge in [-0.15, -0.1) is 0 Å². The molecule has 0 N–H and O–H groups in total. The second-order valence-corrected chi connectivity index (χ2v) is 15.3.